The van der Waals surface area contributed by atoms with Crippen LogP contribution in [0.5, 0.6) is 11.6 Å². The van der Waals surface area contributed by atoms with Gasteiger partial charge < -0.3 is 15.4 Å². The third kappa shape index (κ3) is 4.76. The standard InChI is InChI=1S/C19H21F2N3O2/c20-15-5-6-17(16(21)11-15)26-19-14(4-2-9-23-19)12-24-18(25)13-3-1-8-22-10-7-13/h2,4-6,9,11,13,22H,1,3,7-8,10,12H2,(H,24,25). The molecule has 1 atom stereocenters. The zero-order chi connectivity index (χ0) is 18.4. The van der Waals surface area contributed by atoms with Gasteiger partial charge in [-0.05, 0) is 50.6 Å². The molecule has 1 unspecified atom stereocenters. The highest BCUT2D eigenvalue weighted by molar-refractivity contribution is 5.78. The topological polar surface area (TPSA) is 63.2 Å². The molecule has 0 saturated carbocycles. The third-order valence-electron chi connectivity index (χ3n) is 4.35. The Kier molecular flexibility index (Phi) is 6.12. The lowest BCUT2D eigenvalue weighted by atomic mass is 10.00. The van der Waals surface area contributed by atoms with Crippen molar-refractivity contribution in [3.8, 4) is 11.6 Å². The molecule has 1 aliphatic rings. The van der Waals surface area contributed by atoms with Crippen molar-refractivity contribution < 1.29 is 18.3 Å². The first-order valence-corrected chi connectivity index (χ1v) is 8.68. The van der Waals surface area contributed by atoms with Crippen molar-refractivity contribution in [2.75, 3.05) is 13.1 Å². The van der Waals surface area contributed by atoms with E-state index in [9.17, 15) is 13.6 Å². The maximum absolute atomic E-state index is 13.8. The van der Waals surface area contributed by atoms with Gasteiger partial charge in [-0.25, -0.2) is 13.8 Å². The van der Waals surface area contributed by atoms with Gasteiger partial charge in [0.15, 0.2) is 11.6 Å². The number of amides is 1. The van der Waals surface area contributed by atoms with Gasteiger partial charge in [0.1, 0.15) is 5.82 Å². The monoisotopic (exact) mass is 361 g/mol. The predicted molar refractivity (Wildman–Crippen MR) is 92.7 cm³/mol. The number of halogens is 2. The molecular weight excluding hydrogens is 340 g/mol. The number of benzene rings is 1. The van der Waals surface area contributed by atoms with E-state index in [1.807, 2.05) is 0 Å². The average Bonchev–Trinajstić information content (AvgIpc) is 2.92. The third-order valence-corrected chi connectivity index (χ3v) is 4.35. The number of carbonyl (C=O) groups excluding carboxylic acids is 1. The van der Waals surface area contributed by atoms with Gasteiger partial charge >= 0.3 is 0 Å². The summed E-state index contributed by atoms with van der Waals surface area (Å²) in [6.07, 6.45) is 4.15. The average molecular weight is 361 g/mol. The van der Waals surface area contributed by atoms with Crippen molar-refractivity contribution in [2.45, 2.75) is 25.8 Å². The second-order valence-corrected chi connectivity index (χ2v) is 6.24. The number of nitrogens with zero attached hydrogens (tertiary/aromatic N) is 1. The lowest BCUT2D eigenvalue weighted by Crippen LogP contribution is -2.31. The number of aromatic nitrogens is 1. The Labute approximate surface area is 150 Å². The van der Waals surface area contributed by atoms with Crippen LogP contribution in [0, 0.1) is 17.6 Å². The normalized spacial score (nSPS) is 17.4. The van der Waals surface area contributed by atoms with E-state index < -0.39 is 11.6 Å². The first kappa shape index (κ1) is 18.3. The maximum Gasteiger partial charge on any atom is 0.224 e. The number of hydrogen-bond acceptors (Lipinski definition) is 4. The largest absolute Gasteiger partial charge is 0.436 e. The molecule has 26 heavy (non-hydrogen) atoms. The van der Waals surface area contributed by atoms with Gasteiger partial charge in [-0.2, -0.15) is 0 Å². The van der Waals surface area contributed by atoms with E-state index in [0.29, 0.717) is 5.56 Å². The molecule has 138 valence electrons. The predicted octanol–water partition coefficient (Wildman–Crippen LogP) is 3.16. The summed E-state index contributed by atoms with van der Waals surface area (Å²) >= 11 is 0. The van der Waals surface area contributed by atoms with Crippen LogP contribution in [0.25, 0.3) is 0 Å². The fourth-order valence-electron chi connectivity index (χ4n) is 2.92. The highest BCUT2D eigenvalue weighted by Gasteiger charge is 2.20. The van der Waals surface area contributed by atoms with Crippen molar-refractivity contribution >= 4 is 5.91 Å². The van der Waals surface area contributed by atoms with E-state index in [1.165, 1.54) is 12.3 Å². The minimum Gasteiger partial charge on any atom is -0.436 e. The molecule has 1 amide bonds. The number of ether oxygens (including phenoxy) is 1. The molecule has 2 N–H and O–H groups in total. The second kappa shape index (κ2) is 8.71. The van der Waals surface area contributed by atoms with Crippen molar-refractivity contribution in [2.24, 2.45) is 5.92 Å². The lowest BCUT2D eigenvalue weighted by Gasteiger charge is -2.15. The summed E-state index contributed by atoms with van der Waals surface area (Å²) in [6, 6.07) is 6.53. The Bertz CT molecular complexity index is 762. The van der Waals surface area contributed by atoms with Crippen LogP contribution in [-0.2, 0) is 11.3 Å². The molecule has 0 spiro atoms. The summed E-state index contributed by atoms with van der Waals surface area (Å²) in [5.41, 5.74) is 0.622. The van der Waals surface area contributed by atoms with Crippen LogP contribution in [0.3, 0.4) is 0 Å². The van der Waals surface area contributed by atoms with Crippen molar-refractivity contribution in [3.05, 3.63) is 53.7 Å². The fraction of sp³-hybridized carbons (Fsp3) is 0.368. The van der Waals surface area contributed by atoms with Crippen LogP contribution in [0.2, 0.25) is 0 Å². The number of carbonyl (C=O) groups is 1. The minimum absolute atomic E-state index is 0.00327. The molecular formula is C19H21F2N3O2. The van der Waals surface area contributed by atoms with E-state index in [4.69, 9.17) is 4.74 Å². The molecule has 5 nitrogen and oxygen atoms in total. The van der Waals surface area contributed by atoms with Crippen molar-refractivity contribution in [1.29, 1.82) is 0 Å². The first-order valence-electron chi connectivity index (χ1n) is 8.68. The van der Waals surface area contributed by atoms with E-state index in [2.05, 4.69) is 15.6 Å². The summed E-state index contributed by atoms with van der Waals surface area (Å²) < 4.78 is 32.3. The molecule has 1 aromatic heterocycles. The van der Waals surface area contributed by atoms with Gasteiger partial charge in [0.2, 0.25) is 11.8 Å². The van der Waals surface area contributed by atoms with E-state index in [0.717, 1.165) is 44.5 Å². The van der Waals surface area contributed by atoms with Gasteiger partial charge in [0.25, 0.3) is 0 Å². The molecule has 0 aliphatic carbocycles. The first-order chi connectivity index (χ1) is 12.6. The molecule has 2 heterocycles. The van der Waals surface area contributed by atoms with Crippen LogP contribution in [0.4, 0.5) is 8.78 Å². The van der Waals surface area contributed by atoms with E-state index >= 15 is 0 Å². The fourth-order valence-corrected chi connectivity index (χ4v) is 2.92. The molecule has 1 aromatic carbocycles. The Balaban J connectivity index is 1.66. The molecule has 1 saturated heterocycles. The highest BCUT2D eigenvalue weighted by atomic mass is 19.1. The number of nitrogens with one attached hydrogen (secondary N) is 2. The molecule has 1 aliphatic heterocycles. The van der Waals surface area contributed by atoms with Crippen molar-refractivity contribution in [3.63, 3.8) is 0 Å². The Hall–Kier alpha value is -2.54. The number of rotatable bonds is 5. The van der Waals surface area contributed by atoms with Crippen LogP contribution < -0.4 is 15.4 Å². The Morgan fingerprint density at radius 3 is 3.00 bits per heavy atom. The SMILES string of the molecule is O=C(NCc1cccnc1Oc1ccc(F)cc1F)C1CCCNCC1. The molecule has 0 radical (unpaired) electrons. The molecule has 1 fully saturated rings. The smallest absolute Gasteiger partial charge is 0.224 e. The summed E-state index contributed by atoms with van der Waals surface area (Å²) in [5.74, 6) is -1.44. The van der Waals surface area contributed by atoms with Gasteiger partial charge in [0, 0.05) is 30.3 Å². The second-order valence-electron chi connectivity index (χ2n) is 6.24. The van der Waals surface area contributed by atoms with Crippen molar-refractivity contribution in [1.82, 2.24) is 15.6 Å². The molecule has 7 heteroatoms. The van der Waals surface area contributed by atoms with Gasteiger partial charge in [0.05, 0.1) is 0 Å². The molecule has 3 rings (SSSR count). The Morgan fingerprint density at radius 1 is 1.27 bits per heavy atom. The van der Waals surface area contributed by atoms with Gasteiger partial charge in [-0.15, -0.1) is 0 Å². The zero-order valence-electron chi connectivity index (χ0n) is 14.3. The number of pyridine rings is 1. The number of hydrogen-bond donors (Lipinski definition) is 2. The quantitative estimate of drug-likeness (QED) is 0.859. The maximum atomic E-state index is 13.8. The van der Waals surface area contributed by atoms with Gasteiger partial charge in [-0.1, -0.05) is 6.07 Å². The van der Waals surface area contributed by atoms with Crippen LogP contribution in [0.1, 0.15) is 24.8 Å². The zero-order valence-corrected chi connectivity index (χ0v) is 14.3. The van der Waals surface area contributed by atoms with Crippen LogP contribution in [0.15, 0.2) is 36.5 Å². The summed E-state index contributed by atoms with van der Waals surface area (Å²) in [4.78, 5) is 16.5. The van der Waals surface area contributed by atoms with Crippen LogP contribution in [-0.4, -0.2) is 24.0 Å². The lowest BCUT2D eigenvalue weighted by molar-refractivity contribution is -0.125. The van der Waals surface area contributed by atoms with Crippen LogP contribution >= 0.6 is 0 Å². The summed E-state index contributed by atoms with van der Waals surface area (Å²) in [7, 11) is 0. The summed E-state index contributed by atoms with van der Waals surface area (Å²) in [6.45, 7) is 2.01. The molecule has 0 bridgehead atoms. The molecule has 2 aromatic rings. The Morgan fingerprint density at radius 2 is 2.15 bits per heavy atom. The highest BCUT2D eigenvalue weighted by Crippen LogP contribution is 2.26. The van der Waals surface area contributed by atoms with E-state index in [1.54, 1.807) is 12.1 Å². The summed E-state index contributed by atoms with van der Waals surface area (Å²) in [5, 5.41) is 6.19. The van der Waals surface area contributed by atoms with Gasteiger partial charge in [-0.3, -0.25) is 4.79 Å². The minimum atomic E-state index is -0.809. The van der Waals surface area contributed by atoms with E-state index in [-0.39, 0.29) is 30.0 Å².